The standard InChI is InChI=1S/C32H42N2O5S/c1-30(2,3)20-31(4,5)33-16-11-15-32-25(24-23(40-32)14-9-10-17-39-29(24)38)27(36)34(26(32)28(33)37)22(19-35)18-21-12-7-6-8-13-21/h6-9,11-15,22-26,35H,10,16-20H2,1-5H3/t22-,23-,24+,25+,26?,32+/m1/s1. The monoisotopic (exact) mass is 566 g/mol. The molecule has 1 spiro atoms. The van der Waals surface area contributed by atoms with Crippen LogP contribution in [0, 0.1) is 17.3 Å². The fourth-order valence-corrected chi connectivity index (χ4v) is 9.50. The molecule has 1 aromatic rings. The van der Waals surface area contributed by atoms with E-state index in [4.69, 9.17) is 4.74 Å². The number of aliphatic hydroxyl groups is 1. The zero-order valence-electron chi connectivity index (χ0n) is 24.2. The first kappa shape index (κ1) is 28.9. The van der Waals surface area contributed by atoms with E-state index in [2.05, 4.69) is 34.6 Å². The number of nitrogens with zero attached hydrogens (tertiary/aromatic N) is 2. The third-order valence-corrected chi connectivity index (χ3v) is 10.4. The fourth-order valence-electron chi connectivity index (χ4n) is 7.51. The number of carbonyl (C=O) groups excluding carboxylic acids is 3. The molecule has 6 atom stereocenters. The second-order valence-electron chi connectivity index (χ2n) is 13.4. The molecule has 1 N–H and O–H groups in total. The van der Waals surface area contributed by atoms with Gasteiger partial charge in [0.25, 0.3) is 0 Å². The van der Waals surface area contributed by atoms with Crippen LogP contribution in [0.5, 0.6) is 0 Å². The Kier molecular flexibility index (Phi) is 7.72. The largest absolute Gasteiger partial charge is 0.465 e. The maximum Gasteiger partial charge on any atom is 0.311 e. The van der Waals surface area contributed by atoms with Gasteiger partial charge >= 0.3 is 5.97 Å². The predicted octanol–water partition coefficient (Wildman–Crippen LogP) is 4.00. The maximum absolute atomic E-state index is 14.8. The van der Waals surface area contributed by atoms with Gasteiger partial charge in [-0.3, -0.25) is 14.4 Å². The SMILES string of the molecule is CC(C)(C)CC(C)(C)N1CC=C[C@]23S[C@@H]4C=CCCOC(=O)[C@@H]4[C@H]2C(=O)N([C@@H](CO)Cc2ccccc2)C3C1=O. The number of esters is 1. The Morgan fingerprint density at radius 2 is 1.80 bits per heavy atom. The summed E-state index contributed by atoms with van der Waals surface area (Å²) in [7, 11) is 0. The second kappa shape index (κ2) is 10.7. The summed E-state index contributed by atoms with van der Waals surface area (Å²) in [6, 6.07) is 8.27. The molecule has 2 saturated heterocycles. The molecule has 0 aliphatic carbocycles. The Morgan fingerprint density at radius 1 is 1.07 bits per heavy atom. The van der Waals surface area contributed by atoms with Crippen molar-refractivity contribution in [2.24, 2.45) is 17.3 Å². The summed E-state index contributed by atoms with van der Waals surface area (Å²) in [5, 5.41) is 10.4. The van der Waals surface area contributed by atoms with Gasteiger partial charge in [0.15, 0.2) is 0 Å². The van der Waals surface area contributed by atoms with Crippen molar-refractivity contribution >= 4 is 29.5 Å². The van der Waals surface area contributed by atoms with Crippen molar-refractivity contribution < 1.29 is 24.2 Å². The number of amides is 2. The van der Waals surface area contributed by atoms with Gasteiger partial charge < -0.3 is 19.6 Å². The van der Waals surface area contributed by atoms with Crippen molar-refractivity contribution in [1.82, 2.24) is 9.80 Å². The van der Waals surface area contributed by atoms with Crippen LogP contribution in [-0.2, 0) is 25.5 Å². The molecule has 8 heteroatoms. The van der Waals surface area contributed by atoms with Gasteiger partial charge in [-0.25, -0.2) is 0 Å². The Labute approximate surface area is 242 Å². The minimum absolute atomic E-state index is 0.0196. The Hall–Kier alpha value is -2.58. The molecule has 2 amide bonds. The highest BCUT2D eigenvalue weighted by Crippen LogP contribution is 2.61. The van der Waals surface area contributed by atoms with Crippen LogP contribution in [-0.4, -0.2) is 80.1 Å². The molecular formula is C32H42N2O5S. The lowest BCUT2D eigenvalue weighted by Gasteiger charge is -2.45. The molecule has 0 aromatic heterocycles. The number of thioether (sulfide) groups is 1. The van der Waals surface area contributed by atoms with E-state index in [0.29, 0.717) is 19.4 Å². The number of ether oxygens (including phenoxy) is 1. The summed E-state index contributed by atoms with van der Waals surface area (Å²) in [6.07, 6.45) is 9.89. The first-order valence-corrected chi connectivity index (χ1v) is 15.2. The number of benzene rings is 1. The molecule has 4 aliphatic heterocycles. The van der Waals surface area contributed by atoms with Crippen LogP contribution < -0.4 is 0 Å². The molecule has 216 valence electrons. The molecule has 4 heterocycles. The van der Waals surface area contributed by atoms with Gasteiger partial charge in [0.1, 0.15) is 6.04 Å². The van der Waals surface area contributed by atoms with E-state index < -0.39 is 34.2 Å². The van der Waals surface area contributed by atoms with Crippen molar-refractivity contribution in [3.63, 3.8) is 0 Å². The quantitative estimate of drug-likeness (QED) is 0.414. The van der Waals surface area contributed by atoms with Gasteiger partial charge in [0.05, 0.1) is 35.8 Å². The van der Waals surface area contributed by atoms with Crippen molar-refractivity contribution in [1.29, 1.82) is 0 Å². The number of aliphatic hydroxyl groups excluding tert-OH is 1. The van der Waals surface area contributed by atoms with E-state index in [1.165, 1.54) is 0 Å². The van der Waals surface area contributed by atoms with E-state index in [1.807, 2.05) is 59.5 Å². The highest BCUT2D eigenvalue weighted by Gasteiger charge is 2.72. The van der Waals surface area contributed by atoms with Crippen LogP contribution in [0.2, 0.25) is 0 Å². The Balaban J connectivity index is 1.63. The zero-order chi connectivity index (χ0) is 28.9. The average Bonchev–Trinajstić information content (AvgIpc) is 3.25. The molecule has 1 unspecified atom stereocenters. The predicted molar refractivity (Wildman–Crippen MR) is 156 cm³/mol. The third kappa shape index (κ3) is 5.02. The number of hydrogen-bond donors (Lipinski definition) is 1. The highest BCUT2D eigenvalue weighted by molar-refractivity contribution is 8.02. The number of cyclic esters (lactones) is 1. The number of carbonyl (C=O) groups is 3. The Morgan fingerprint density at radius 3 is 2.48 bits per heavy atom. The van der Waals surface area contributed by atoms with E-state index in [9.17, 15) is 19.5 Å². The van der Waals surface area contributed by atoms with Gasteiger partial charge in [0, 0.05) is 17.3 Å². The van der Waals surface area contributed by atoms with Crippen molar-refractivity contribution in [2.45, 2.75) is 81.5 Å². The first-order valence-electron chi connectivity index (χ1n) is 14.4. The van der Waals surface area contributed by atoms with Crippen LogP contribution in [0.3, 0.4) is 0 Å². The highest BCUT2D eigenvalue weighted by atomic mass is 32.2. The van der Waals surface area contributed by atoms with Gasteiger partial charge in [-0.05, 0) is 44.1 Å². The zero-order valence-corrected chi connectivity index (χ0v) is 25.0. The van der Waals surface area contributed by atoms with Gasteiger partial charge in [-0.1, -0.05) is 75.4 Å². The molecule has 40 heavy (non-hydrogen) atoms. The van der Waals surface area contributed by atoms with Gasteiger partial charge in [-0.15, -0.1) is 11.8 Å². The van der Waals surface area contributed by atoms with Crippen molar-refractivity contribution in [3.8, 4) is 0 Å². The fraction of sp³-hybridized carbons (Fsp3) is 0.594. The molecular weight excluding hydrogens is 524 g/mol. The molecule has 4 aliphatic rings. The van der Waals surface area contributed by atoms with Crippen LogP contribution in [0.1, 0.15) is 53.0 Å². The van der Waals surface area contributed by atoms with E-state index in [-0.39, 0.29) is 41.7 Å². The Bertz CT molecular complexity index is 1210. The van der Waals surface area contributed by atoms with Crippen molar-refractivity contribution in [3.05, 3.63) is 60.2 Å². The molecule has 0 saturated carbocycles. The molecule has 2 fully saturated rings. The minimum Gasteiger partial charge on any atom is -0.465 e. The van der Waals surface area contributed by atoms with Crippen LogP contribution in [0.4, 0.5) is 0 Å². The van der Waals surface area contributed by atoms with Crippen LogP contribution in [0.25, 0.3) is 0 Å². The average molecular weight is 567 g/mol. The number of likely N-dealkylation sites (tertiary alicyclic amines) is 1. The van der Waals surface area contributed by atoms with Crippen LogP contribution >= 0.6 is 11.8 Å². The number of rotatable bonds is 6. The summed E-state index contributed by atoms with van der Waals surface area (Å²) in [5.74, 6) is -2.20. The summed E-state index contributed by atoms with van der Waals surface area (Å²) in [5.41, 5.74) is 0.477. The topological polar surface area (TPSA) is 87.2 Å². The summed E-state index contributed by atoms with van der Waals surface area (Å²) in [6.45, 7) is 11.1. The maximum atomic E-state index is 14.8. The smallest absolute Gasteiger partial charge is 0.311 e. The summed E-state index contributed by atoms with van der Waals surface area (Å²) < 4.78 is 4.66. The normalized spacial score (nSPS) is 31.2. The van der Waals surface area contributed by atoms with Crippen LogP contribution in [0.15, 0.2) is 54.6 Å². The molecule has 0 radical (unpaired) electrons. The lowest BCUT2D eigenvalue weighted by molar-refractivity contribution is -0.154. The second-order valence-corrected chi connectivity index (χ2v) is 14.9. The molecule has 1 aromatic carbocycles. The lowest BCUT2D eigenvalue weighted by atomic mass is 9.78. The number of hydrogen-bond acceptors (Lipinski definition) is 6. The minimum atomic E-state index is -0.937. The molecule has 0 bridgehead atoms. The van der Waals surface area contributed by atoms with Crippen molar-refractivity contribution in [2.75, 3.05) is 19.8 Å². The summed E-state index contributed by atoms with van der Waals surface area (Å²) in [4.78, 5) is 46.3. The number of fused-ring (bicyclic) bond motifs is 2. The first-order chi connectivity index (χ1) is 18.9. The molecule has 7 nitrogen and oxygen atoms in total. The van der Waals surface area contributed by atoms with Gasteiger partial charge in [-0.2, -0.15) is 0 Å². The van der Waals surface area contributed by atoms with E-state index >= 15 is 0 Å². The molecule has 5 rings (SSSR count). The van der Waals surface area contributed by atoms with Gasteiger partial charge in [0.2, 0.25) is 11.8 Å². The third-order valence-electron chi connectivity index (χ3n) is 8.67. The summed E-state index contributed by atoms with van der Waals surface area (Å²) >= 11 is 1.54. The van der Waals surface area contributed by atoms with E-state index in [0.717, 1.165) is 12.0 Å². The van der Waals surface area contributed by atoms with E-state index in [1.54, 1.807) is 16.7 Å². The lowest BCUT2D eigenvalue weighted by Crippen LogP contribution is -2.60.